The predicted molar refractivity (Wildman–Crippen MR) is 82.6 cm³/mol. The summed E-state index contributed by atoms with van der Waals surface area (Å²) in [6.45, 7) is 1.75. The first-order valence-corrected chi connectivity index (χ1v) is 6.96. The summed E-state index contributed by atoms with van der Waals surface area (Å²) >= 11 is 5.79. The lowest BCUT2D eigenvalue weighted by Crippen LogP contribution is -2.40. The van der Waals surface area contributed by atoms with Crippen molar-refractivity contribution in [2.45, 2.75) is 25.3 Å². The van der Waals surface area contributed by atoms with Gasteiger partial charge < -0.3 is 15.4 Å². The normalized spacial score (nSPS) is 17.7. The number of halogens is 2. The van der Waals surface area contributed by atoms with Crippen LogP contribution in [0.25, 0.3) is 0 Å². The van der Waals surface area contributed by atoms with Crippen molar-refractivity contribution in [1.29, 1.82) is 0 Å². The molecule has 20 heavy (non-hydrogen) atoms. The number of rotatable bonds is 5. The van der Waals surface area contributed by atoms with Gasteiger partial charge in [0.05, 0.1) is 13.0 Å². The van der Waals surface area contributed by atoms with E-state index in [-0.39, 0.29) is 24.4 Å². The molecule has 1 saturated heterocycles. The first kappa shape index (κ1) is 17.1. The summed E-state index contributed by atoms with van der Waals surface area (Å²) in [5.74, 6) is 0.857. The molecular weight excluding hydrogens is 299 g/mol. The van der Waals surface area contributed by atoms with Crippen molar-refractivity contribution in [2.24, 2.45) is 5.73 Å². The van der Waals surface area contributed by atoms with E-state index in [9.17, 15) is 4.79 Å². The third-order valence-corrected chi connectivity index (χ3v) is 3.62. The van der Waals surface area contributed by atoms with Gasteiger partial charge in [-0.2, -0.15) is 0 Å². The van der Waals surface area contributed by atoms with Crippen LogP contribution in [0, 0.1) is 0 Å². The number of amides is 1. The molecule has 1 unspecified atom stereocenters. The molecule has 0 aliphatic carbocycles. The van der Waals surface area contributed by atoms with Crippen LogP contribution in [-0.2, 0) is 4.79 Å². The number of carbonyl (C=O) groups is 1. The smallest absolute Gasteiger partial charge is 0.226 e. The second-order valence-electron chi connectivity index (χ2n) is 4.67. The molecule has 1 aliphatic rings. The number of ether oxygens (including phenoxy) is 1. The SMILES string of the molecule is Cl.NCC1CCCN1C(=O)CCOc1ccc(Cl)cc1. The van der Waals surface area contributed by atoms with Crippen molar-refractivity contribution < 1.29 is 9.53 Å². The molecule has 0 aromatic heterocycles. The summed E-state index contributed by atoms with van der Waals surface area (Å²) < 4.78 is 5.52. The molecular formula is C14H20Cl2N2O2. The molecule has 1 atom stereocenters. The number of likely N-dealkylation sites (tertiary alicyclic amines) is 1. The van der Waals surface area contributed by atoms with E-state index in [0.717, 1.165) is 25.1 Å². The Hall–Kier alpha value is -0.970. The van der Waals surface area contributed by atoms with Gasteiger partial charge in [-0.1, -0.05) is 11.6 Å². The largest absolute Gasteiger partial charge is 0.493 e. The van der Waals surface area contributed by atoms with Crippen molar-refractivity contribution in [1.82, 2.24) is 4.90 Å². The molecule has 4 nitrogen and oxygen atoms in total. The number of carbonyl (C=O) groups excluding carboxylic acids is 1. The quantitative estimate of drug-likeness (QED) is 0.907. The average molecular weight is 319 g/mol. The maximum Gasteiger partial charge on any atom is 0.226 e. The third kappa shape index (κ3) is 4.54. The van der Waals surface area contributed by atoms with Crippen LogP contribution in [0.15, 0.2) is 24.3 Å². The van der Waals surface area contributed by atoms with Crippen LogP contribution in [0.3, 0.4) is 0 Å². The zero-order valence-corrected chi connectivity index (χ0v) is 12.8. The Balaban J connectivity index is 0.00000200. The highest BCUT2D eigenvalue weighted by atomic mass is 35.5. The molecule has 1 amide bonds. The Morgan fingerprint density at radius 2 is 2.10 bits per heavy atom. The highest BCUT2D eigenvalue weighted by Crippen LogP contribution is 2.18. The molecule has 0 saturated carbocycles. The summed E-state index contributed by atoms with van der Waals surface area (Å²) in [4.78, 5) is 13.9. The van der Waals surface area contributed by atoms with E-state index < -0.39 is 0 Å². The number of hydrogen-bond donors (Lipinski definition) is 1. The predicted octanol–water partition coefficient (Wildman–Crippen LogP) is 2.48. The highest BCUT2D eigenvalue weighted by Gasteiger charge is 2.26. The van der Waals surface area contributed by atoms with E-state index >= 15 is 0 Å². The zero-order valence-electron chi connectivity index (χ0n) is 11.3. The summed E-state index contributed by atoms with van der Waals surface area (Å²) in [5, 5.41) is 0.672. The Kier molecular flexibility index (Phi) is 7.13. The van der Waals surface area contributed by atoms with Crippen LogP contribution >= 0.6 is 24.0 Å². The molecule has 1 fully saturated rings. The van der Waals surface area contributed by atoms with Gasteiger partial charge in [0.1, 0.15) is 5.75 Å². The average Bonchev–Trinajstić information content (AvgIpc) is 2.89. The number of benzene rings is 1. The number of nitrogens with two attached hydrogens (primary N) is 1. The summed E-state index contributed by atoms with van der Waals surface area (Å²) in [6.07, 6.45) is 2.45. The molecule has 0 bridgehead atoms. The Labute approximate surface area is 130 Å². The van der Waals surface area contributed by atoms with Gasteiger partial charge in [0.15, 0.2) is 0 Å². The first-order valence-electron chi connectivity index (χ1n) is 6.58. The fourth-order valence-corrected chi connectivity index (χ4v) is 2.47. The summed E-state index contributed by atoms with van der Waals surface area (Å²) in [6, 6.07) is 7.34. The van der Waals surface area contributed by atoms with E-state index in [1.54, 1.807) is 24.3 Å². The highest BCUT2D eigenvalue weighted by molar-refractivity contribution is 6.30. The van der Waals surface area contributed by atoms with Gasteiger partial charge in [0.25, 0.3) is 0 Å². The number of hydrogen-bond acceptors (Lipinski definition) is 3. The van der Waals surface area contributed by atoms with Crippen LogP contribution in [0.5, 0.6) is 5.75 Å². The molecule has 1 aromatic rings. The van der Waals surface area contributed by atoms with Crippen LogP contribution in [-0.4, -0.2) is 36.5 Å². The van der Waals surface area contributed by atoms with Crippen LogP contribution in [0.1, 0.15) is 19.3 Å². The van der Waals surface area contributed by atoms with Gasteiger partial charge in [-0.3, -0.25) is 4.79 Å². The lowest BCUT2D eigenvalue weighted by molar-refractivity contribution is -0.132. The molecule has 0 spiro atoms. The Bertz CT molecular complexity index is 426. The fourth-order valence-electron chi connectivity index (χ4n) is 2.34. The van der Waals surface area contributed by atoms with Gasteiger partial charge in [-0.25, -0.2) is 0 Å². The molecule has 1 aromatic carbocycles. The molecule has 2 rings (SSSR count). The third-order valence-electron chi connectivity index (χ3n) is 3.37. The topological polar surface area (TPSA) is 55.6 Å². The van der Waals surface area contributed by atoms with E-state index in [0.29, 0.717) is 24.6 Å². The molecule has 1 heterocycles. The van der Waals surface area contributed by atoms with E-state index in [2.05, 4.69) is 0 Å². The van der Waals surface area contributed by atoms with E-state index in [4.69, 9.17) is 22.1 Å². The Morgan fingerprint density at radius 3 is 2.75 bits per heavy atom. The Morgan fingerprint density at radius 1 is 1.40 bits per heavy atom. The van der Waals surface area contributed by atoms with E-state index in [1.165, 1.54) is 0 Å². The molecule has 0 radical (unpaired) electrons. The van der Waals surface area contributed by atoms with Crippen LogP contribution < -0.4 is 10.5 Å². The maximum atomic E-state index is 12.0. The van der Waals surface area contributed by atoms with E-state index in [1.807, 2.05) is 4.90 Å². The maximum absolute atomic E-state index is 12.0. The summed E-state index contributed by atoms with van der Waals surface area (Å²) in [7, 11) is 0. The van der Waals surface area contributed by atoms with Crippen LogP contribution in [0.4, 0.5) is 0 Å². The zero-order chi connectivity index (χ0) is 13.7. The van der Waals surface area contributed by atoms with Gasteiger partial charge in [0.2, 0.25) is 5.91 Å². The molecule has 1 aliphatic heterocycles. The van der Waals surface area contributed by atoms with Crippen molar-refractivity contribution in [3.05, 3.63) is 29.3 Å². The van der Waals surface area contributed by atoms with Crippen molar-refractivity contribution >= 4 is 29.9 Å². The summed E-state index contributed by atoms with van der Waals surface area (Å²) in [5.41, 5.74) is 5.66. The number of nitrogens with zero attached hydrogens (tertiary/aromatic N) is 1. The first-order chi connectivity index (χ1) is 9.20. The van der Waals surface area contributed by atoms with Crippen LogP contribution in [0.2, 0.25) is 5.02 Å². The van der Waals surface area contributed by atoms with Gasteiger partial charge in [0, 0.05) is 24.2 Å². The van der Waals surface area contributed by atoms with Crippen molar-refractivity contribution in [2.75, 3.05) is 19.7 Å². The standard InChI is InChI=1S/C14H19ClN2O2.ClH/c15-11-3-5-13(6-4-11)19-9-7-14(18)17-8-1-2-12(17)10-16;/h3-6,12H,1-2,7-10,16H2;1H. The minimum Gasteiger partial charge on any atom is -0.493 e. The second-order valence-corrected chi connectivity index (χ2v) is 5.11. The molecule has 6 heteroatoms. The minimum absolute atomic E-state index is 0. The fraction of sp³-hybridized carbons (Fsp3) is 0.500. The second kappa shape index (κ2) is 8.35. The molecule has 2 N–H and O–H groups in total. The molecule has 112 valence electrons. The minimum atomic E-state index is 0. The lowest BCUT2D eigenvalue weighted by atomic mass is 10.2. The van der Waals surface area contributed by atoms with Gasteiger partial charge in [-0.15, -0.1) is 12.4 Å². The van der Waals surface area contributed by atoms with Crippen molar-refractivity contribution in [3.8, 4) is 5.75 Å². The monoisotopic (exact) mass is 318 g/mol. The van der Waals surface area contributed by atoms with Gasteiger partial charge >= 0.3 is 0 Å². The van der Waals surface area contributed by atoms with Gasteiger partial charge in [-0.05, 0) is 37.1 Å². The lowest BCUT2D eigenvalue weighted by Gasteiger charge is -2.23. The van der Waals surface area contributed by atoms with Crippen molar-refractivity contribution in [3.63, 3.8) is 0 Å².